The van der Waals surface area contributed by atoms with Gasteiger partial charge in [-0.3, -0.25) is 0 Å². The molecule has 1 unspecified atom stereocenters. The second kappa shape index (κ2) is 8.22. The molecule has 1 aliphatic rings. The van der Waals surface area contributed by atoms with Crippen LogP contribution in [0.3, 0.4) is 0 Å². The van der Waals surface area contributed by atoms with Crippen LogP contribution in [0, 0.1) is 0 Å². The monoisotopic (exact) mass is 357 g/mol. The Morgan fingerprint density at radius 1 is 1.04 bits per heavy atom. The van der Waals surface area contributed by atoms with Gasteiger partial charge >= 0.3 is 0 Å². The SMILES string of the molecule is CO[Si]1(C)CCCN1C[SiH2]OC(c1ccccc1)c1ccccc1. The van der Waals surface area contributed by atoms with E-state index in [2.05, 4.69) is 71.8 Å². The van der Waals surface area contributed by atoms with E-state index in [4.69, 9.17) is 8.85 Å². The highest BCUT2D eigenvalue weighted by Gasteiger charge is 2.40. The summed E-state index contributed by atoms with van der Waals surface area (Å²) in [6, 6.07) is 22.4. The highest BCUT2D eigenvalue weighted by molar-refractivity contribution is 6.70. The third-order valence-electron chi connectivity index (χ3n) is 5.03. The molecule has 0 radical (unpaired) electrons. The molecule has 1 heterocycles. The van der Waals surface area contributed by atoms with Crippen LogP contribution in [0.4, 0.5) is 0 Å². The molecular formula is C19H27NO2Si2. The van der Waals surface area contributed by atoms with Crippen molar-refractivity contribution in [1.82, 2.24) is 4.57 Å². The Morgan fingerprint density at radius 2 is 1.62 bits per heavy atom. The molecule has 5 heteroatoms. The van der Waals surface area contributed by atoms with E-state index < -0.39 is 18.2 Å². The first kappa shape index (κ1) is 17.6. The van der Waals surface area contributed by atoms with Gasteiger partial charge in [-0.25, -0.2) is 0 Å². The van der Waals surface area contributed by atoms with Crippen molar-refractivity contribution in [1.29, 1.82) is 0 Å². The third kappa shape index (κ3) is 4.04. The average molecular weight is 358 g/mol. The van der Waals surface area contributed by atoms with E-state index >= 15 is 0 Å². The molecule has 0 saturated carbocycles. The van der Waals surface area contributed by atoms with Crippen molar-refractivity contribution >= 4 is 18.2 Å². The Balaban J connectivity index is 1.67. The lowest BCUT2D eigenvalue weighted by Gasteiger charge is -2.31. The summed E-state index contributed by atoms with van der Waals surface area (Å²) < 4.78 is 14.9. The van der Waals surface area contributed by atoms with Crippen LogP contribution >= 0.6 is 0 Å². The van der Waals surface area contributed by atoms with Crippen molar-refractivity contribution in [3.63, 3.8) is 0 Å². The fourth-order valence-corrected chi connectivity index (χ4v) is 9.05. The standard InChI is InChI=1S/C19H27NO2Si2/c1-21-24(2)15-9-14-20(24)16-23-22-19(17-10-5-3-6-11-17)18-12-7-4-8-13-18/h3-8,10-13,19H,9,14-16,23H2,1-2H3. The Labute approximate surface area is 148 Å². The molecule has 128 valence electrons. The highest BCUT2D eigenvalue weighted by atomic mass is 28.4. The molecule has 0 bridgehead atoms. The second-order valence-electron chi connectivity index (χ2n) is 6.54. The number of benzene rings is 2. The molecular weight excluding hydrogens is 330 g/mol. The minimum Gasteiger partial charge on any atom is -0.412 e. The van der Waals surface area contributed by atoms with E-state index in [1.54, 1.807) is 0 Å². The van der Waals surface area contributed by atoms with Crippen LogP contribution in [0.2, 0.25) is 12.6 Å². The number of rotatable bonds is 7. The molecule has 1 aliphatic heterocycles. The van der Waals surface area contributed by atoms with E-state index in [9.17, 15) is 0 Å². The molecule has 24 heavy (non-hydrogen) atoms. The normalized spacial score (nSPS) is 22.0. The quantitative estimate of drug-likeness (QED) is 0.710. The van der Waals surface area contributed by atoms with E-state index in [0.29, 0.717) is 0 Å². The molecule has 0 aliphatic carbocycles. The Hall–Kier alpha value is -1.25. The van der Waals surface area contributed by atoms with Gasteiger partial charge in [0.25, 0.3) is 8.48 Å². The van der Waals surface area contributed by atoms with Crippen LogP contribution < -0.4 is 0 Å². The van der Waals surface area contributed by atoms with Crippen molar-refractivity contribution < 1.29 is 8.85 Å². The lowest BCUT2D eigenvalue weighted by atomic mass is 10.0. The smallest absolute Gasteiger partial charge is 0.267 e. The van der Waals surface area contributed by atoms with Gasteiger partial charge in [0.1, 0.15) is 0 Å². The molecule has 3 nitrogen and oxygen atoms in total. The zero-order chi connectivity index (χ0) is 16.8. The number of nitrogens with zero attached hydrogens (tertiary/aromatic N) is 1. The number of hydrogen-bond donors (Lipinski definition) is 0. The van der Waals surface area contributed by atoms with Crippen LogP contribution in [0.25, 0.3) is 0 Å². The van der Waals surface area contributed by atoms with Crippen molar-refractivity contribution in [3.05, 3.63) is 71.8 Å². The lowest BCUT2D eigenvalue weighted by Crippen LogP contribution is -2.50. The fourth-order valence-electron chi connectivity index (χ4n) is 3.49. The summed E-state index contributed by atoms with van der Waals surface area (Å²) in [5.74, 6) is 0. The number of hydrogen-bond acceptors (Lipinski definition) is 3. The molecule has 1 atom stereocenters. The summed E-state index contributed by atoms with van der Waals surface area (Å²) in [6.07, 6.45) is 2.41. The van der Waals surface area contributed by atoms with Gasteiger partial charge in [-0.2, -0.15) is 0 Å². The predicted molar refractivity (Wildman–Crippen MR) is 104 cm³/mol. The zero-order valence-electron chi connectivity index (χ0n) is 14.7. The third-order valence-corrected chi connectivity index (χ3v) is 10.7. The maximum absolute atomic E-state index is 6.48. The zero-order valence-corrected chi connectivity index (χ0v) is 17.1. The van der Waals surface area contributed by atoms with Gasteiger partial charge in [0.15, 0.2) is 9.76 Å². The van der Waals surface area contributed by atoms with Crippen LogP contribution in [0.15, 0.2) is 60.7 Å². The summed E-state index contributed by atoms with van der Waals surface area (Å²) >= 11 is 0. The molecule has 1 fully saturated rings. The van der Waals surface area contributed by atoms with Gasteiger partial charge < -0.3 is 13.4 Å². The van der Waals surface area contributed by atoms with E-state index in [0.717, 1.165) is 6.17 Å². The second-order valence-corrected chi connectivity index (χ2v) is 11.6. The minimum absolute atomic E-state index is 0.0529. The van der Waals surface area contributed by atoms with Gasteiger partial charge in [-0.1, -0.05) is 60.7 Å². The van der Waals surface area contributed by atoms with Crippen LogP contribution in [0.5, 0.6) is 0 Å². The molecule has 0 amide bonds. The summed E-state index contributed by atoms with van der Waals surface area (Å²) in [5.41, 5.74) is 2.48. The molecule has 0 N–H and O–H groups in total. The predicted octanol–water partition coefficient (Wildman–Crippen LogP) is 3.26. The van der Waals surface area contributed by atoms with Crippen molar-refractivity contribution in [2.24, 2.45) is 0 Å². The fraction of sp³-hybridized carbons (Fsp3) is 0.368. The summed E-state index contributed by atoms with van der Waals surface area (Å²) in [6.45, 7) is 3.51. The molecule has 0 spiro atoms. The van der Waals surface area contributed by atoms with Crippen LogP contribution in [-0.4, -0.2) is 42.6 Å². The van der Waals surface area contributed by atoms with Gasteiger partial charge in [0.05, 0.1) is 6.10 Å². The van der Waals surface area contributed by atoms with Gasteiger partial charge in [-0.15, -0.1) is 0 Å². The Kier molecular flexibility index (Phi) is 6.02. The summed E-state index contributed by atoms with van der Waals surface area (Å²) in [7, 11) is -0.404. The van der Waals surface area contributed by atoms with Crippen molar-refractivity contribution in [3.8, 4) is 0 Å². The van der Waals surface area contributed by atoms with Crippen LogP contribution in [0.1, 0.15) is 23.7 Å². The topological polar surface area (TPSA) is 21.7 Å². The average Bonchev–Trinajstić information content (AvgIpc) is 3.01. The first-order chi connectivity index (χ1) is 11.7. The van der Waals surface area contributed by atoms with E-state index in [1.807, 2.05) is 7.11 Å². The molecule has 0 aromatic heterocycles. The van der Waals surface area contributed by atoms with Crippen LogP contribution in [-0.2, 0) is 8.85 Å². The first-order valence-corrected chi connectivity index (χ1v) is 12.9. The van der Waals surface area contributed by atoms with E-state index in [-0.39, 0.29) is 6.10 Å². The van der Waals surface area contributed by atoms with Gasteiger partial charge in [-0.05, 0) is 36.7 Å². The lowest BCUT2D eigenvalue weighted by molar-refractivity contribution is 0.251. The molecule has 2 aromatic rings. The Morgan fingerprint density at radius 3 is 2.17 bits per heavy atom. The first-order valence-electron chi connectivity index (χ1n) is 8.75. The Bertz CT molecular complexity index is 586. The highest BCUT2D eigenvalue weighted by Crippen LogP contribution is 2.27. The minimum atomic E-state index is -1.63. The van der Waals surface area contributed by atoms with Crippen molar-refractivity contribution in [2.75, 3.05) is 19.8 Å². The summed E-state index contributed by atoms with van der Waals surface area (Å²) in [5, 5.41) is 0. The summed E-state index contributed by atoms with van der Waals surface area (Å²) in [4.78, 5) is 0. The van der Waals surface area contributed by atoms with Gasteiger partial charge in [0, 0.05) is 13.3 Å². The molecule has 2 aromatic carbocycles. The maximum Gasteiger partial charge on any atom is 0.267 e. The van der Waals surface area contributed by atoms with E-state index in [1.165, 1.54) is 30.1 Å². The maximum atomic E-state index is 6.48. The van der Waals surface area contributed by atoms with Gasteiger partial charge in [0.2, 0.25) is 0 Å². The van der Waals surface area contributed by atoms with Crippen molar-refractivity contribution in [2.45, 2.75) is 25.1 Å². The molecule has 3 rings (SSSR count). The molecule has 1 saturated heterocycles. The largest absolute Gasteiger partial charge is 0.412 e.